The highest BCUT2D eigenvalue weighted by Gasteiger charge is 2.20. The first-order valence-corrected chi connectivity index (χ1v) is 8.58. The van der Waals surface area contributed by atoms with Crippen LogP contribution in [0.2, 0.25) is 0 Å². The van der Waals surface area contributed by atoms with Crippen LogP contribution in [0.1, 0.15) is 33.2 Å². The van der Waals surface area contributed by atoms with E-state index in [2.05, 4.69) is 4.98 Å². The van der Waals surface area contributed by atoms with E-state index in [9.17, 15) is 19.7 Å². The van der Waals surface area contributed by atoms with Crippen molar-refractivity contribution >= 4 is 28.3 Å². The highest BCUT2D eigenvalue weighted by atomic mass is 16.6. The molecule has 8 nitrogen and oxygen atoms in total. The van der Waals surface area contributed by atoms with Gasteiger partial charge >= 0.3 is 11.7 Å². The van der Waals surface area contributed by atoms with Crippen molar-refractivity contribution in [2.45, 2.75) is 13.3 Å². The fourth-order valence-corrected chi connectivity index (χ4v) is 2.99. The number of ether oxygens (including phenoxy) is 2. The van der Waals surface area contributed by atoms with Crippen LogP contribution in [0.25, 0.3) is 10.9 Å². The van der Waals surface area contributed by atoms with E-state index in [-0.39, 0.29) is 22.8 Å². The molecule has 0 atom stereocenters. The maximum atomic E-state index is 12.5. The summed E-state index contributed by atoms with van der Waals surface area (Å²) in [5.41, 5.74) is 2.00. The van der Waals surface area contributed by atoms with Crippen molar-refractivity contribution in [3.63, 3.8) is 0 Å². The van der Waals surface area contributed by atoms with Gasteiger partial charge in [-0.2, -0.15) is 0 Å². The lowest BCUT2D eigenvalue weighted by Crippen LogP contribution is -2.14. The van der Waals surface area contributed by atoms with Gasteiger partial charge in [0.2, 0.25) is 5.78 Å². The molecule has 0 unspecified atom stereocenters. The number of rotatable bonds is 7. The highest BCUT2D eigenvalue weighted by Crippen LogP contribution is 2.28. The standard InChI is InChI=1S/C20H18N2O6/c1-3-12-5-4-6-14-15(10-21-19(12)14)17(23)11-28-20(24)13-7-8-18(27-2)16(9-13)22(25)26/h4-10,21H,3,11H2,1-2H3. The zero-order valence-corrected chi connectivity index (χ0v) is 15.4. The van der Waals surface area contributed by atoms with Gasteiger partial charge in [-0.05, 0) is 24.1 Å². The van der Waals surface area contributed by atoms with Crippen molar-refractivity contribution in [3.8, 4) is 5.75 Å². The number of aromatic nitrogens is 1. The number of hydrogen-bond donors (Lipinski definition) is 1. The SMILES string of the molecule is CCc1cccc2c(C(=O)COC(=O)c3ccc(OC)c([N+](=O)[O-])c3)c[nH]c12. The number of nitro benzene ring substituents is 1. The smallest absolute Gasteiger partial charge is 0.338 e. The van der Waals surface area contributed by atoms with E-state index in [4.69, 9.17) is 9.47 Å². The number of hydrogen-bond acceptors (Lipinski definition) is 6. The highest BCUT2D eigenvalue weighted by molar-refractivity contribution is 6.09. The Kier molecular flexibility index (Phi) is 5.39. The number of benzene rings is 2. The predicted octanol–water partition coefficient (Wildman–Crippen LogP) is 3.69. The minimum absolute atomic E-state index is 0.0307. The summed E-state index contributed by atoms with van der Waals surface area (Å²) in [7, 11) is 1.30. The summed E-state index contributed by atoms with van der Waals surface area (Å²) in [5.74, 6) is -1.16. The van der Waals surface area contributed by atoms with Gasteiger partial charge in [-0.3, -0.25) is 14.9 Å². The molecule has 0 radical (unpaired) electrons. The van der Waals surface area contributed by atoms with E-state index in [0.29, 0.717) is 5.56 Å². The van der Waals surface area contributed by atoms with Gasteiger partial charge in [0, 0.05) is 28.7 Å². The van der Waals surface area contributed by atoms with Gasteiger partial charge in [-0.1, -0.05) is 25.1 Å². The second-order valence-electron chi connectivity index (χ2n) is 6.04. The molecule has 144 valence electrons. The second kappa shape index (κ2) is 7.91. The number of esters is 1. The van der Waals surface area contributed by atoms with Gasteiger partial charge in [0.15, 0.2) is 12.4 Å². The number of carbonyl (C=O) groups excluding carboxylic acids is 2. The molecule has 2 aromatic carbocycles. The summed E-state index contributed by atoms with van der Waals surface area (Å²) in [6.07, 6.45) is 2.41. The number of aromatic amines is 1. The van der Waals surface area contributed by atoms with E-state index in [1.54, 1.807) is 6.20 Å². The molecule has 0 aliphatic rings. The van der Waals surface area contributed by atoms with Crippen molar-refractivity contribution < 1.29 is 24.0 Å². The molecule has 0 aliphatic carbocycles. The van der Waals surface area contributed by atoms with Gasteiger partial charge < -0.3 is 14.5 Å². The fourth-order valence-electron chi connectivity index (χ4n) is 2.99. The van der Waals surface area contributed by atoms with Crippen molar-refractivity contribution in [1.82, 2.24) is 4.98 Å². The maximum absolute atomic E-state index is 12.5. The molecule has 8 heteroatoms. The summed E-state index contributed by atoms with van der Waals surface area (Å²) >= 11 is 0. The molecule has 1 aromatic heterocycles. The Morgan fingerprint density at radius 2 is 2.00 bits per heavy atom. The van der Waals surface area contributed by atoms with Crippen LogP contribution in [0.4, 0.5) is 5.69 Å². The average molecular weight is 382 g/mol. The van der Waals surface area contributed by atoms with E-state index in [1.165, 1.54) is 19.2 Å². The van der Waals surface area contributed by atoms with Gasteiger partial charge in [0.05, 0.1) is 17.6 Å². The molecule has 0 fully saturated rings. The summed E-state index contributed by atoms with van der Waals surface area (Å²) < 4.78 is 9.96. The third kappa shape index (κ3) is 3.57. The van der Waals surface area contributed by atoms with Gasteiger partial charge in [0.25, 0.3) is 0 Å². The van der Waals surface area contributed by atoms with Crippen LogP contribution in [0.3, 0.4) is 0 Å². The molecule has 28 heavy (non-hydrogen) atoms. The van der Waals surface area contributed by atoms with Crippen LogP contribution in [0.5, 0.6) is 5.75 Å². The monoisotopic (exact) mass is 382 g/mol. The number of para-hydroxylation sites is 1. The number of ketones is 1. The minimum Gasteiger partial charge on any atom is -0.490 e. The lowest BCUT2D eigenvalue weighted by molar-refractivity contribution is -0.385. The predicted molar refractivity (Wildman–Crippen MR) is 102 cm³/mol. The molecule has 0 aliphatic heterocycles. The topological polar surface area (TPSA) is 112 Å². The lowest BCUT2D eigenvalue weighted by Gasteiger charge is -2.06. The lowest BCUT2D eigenvalue weighted by atomic mass is 10.1. The van der Waals surface area contributed by atoms with Crippen molar-refractivity contribution in [1.29, 1.82) is 0 Å². The molecule has 3 rings (SSSR count). The van der Waals surface area contributed by atoms with Gasteiger partial charge in [-0.25, -0.2) is 4.79 Å². The first kappa shape index (κ1) is 19.1. The van der Waals surface area contributed by atoms with Crippen LogP contribution >= 0.6 is 0 Å². The van der Waals surface area contributed by atoms with Crippen molar-refractivity contribution in [2.75, 3.05) is 13.7 Å². The Labute approximate surface area is 160 Å². The van der Waals surface area contributed by atoms with Crippen LogP contribution < -0.4 is 4.74 Å². The first-order chi connectivity index (χ1) is 13.5. The third-order valence-electron chi connectivity index (χ3n) is 4.43. The summed E-state index contributed by atoms with van der Waals surface area (Å²) in [6.45, 7) is 1.55. The second-order valence-corrected chi connectivity index (χ2v) is 6.04. The number of methoxy groups -OCH3 is 1. The largest absolute Gasteiger partial charge is 0.490 e. The zero-order valence-electron chi connectivity index (χ0n) is 15.4. The number of nitro groups is 1. The Morgan fingerprint density at radius 1 is 1.21 bits per heavy atom. The molecule has 0 amide bonds. The van der Waals surface area contributed by atoms with Gasteiger partial charge in [-0.15, -0.1) is 0 Å². The van der Waals surface area contributed by atoms with Crippen molar-refractivity contribution in [3.05, 3.63) is 69.4 Å². The molecule has 0 spiro atoms. The third-order valence-corrected chi connectivity index (χ3v) is 4.43. The Morgan fingerprint density at radius 3 is 2.68 bits per heavy atom. The number of nitrogens with zero attached hydrogens (tertiary/aromatic N) is 1. The number of fused-ring (bicyclic) bond motifs is 1. The van der Waals surface area contributed by atoms with Gasteiger partial charge in [0.1, 0.15) is 0 Å². The number of nitrogens with one attached hydrogen (secondary N) is 1. The van der Waals surface area contributed by atoms with Crippen LogP contribution in [-0.2, 0) is 11.2 Å². The summed E-state index contributed by atoms with van der Waals surface area (Å²) in [4.78, 5) is 38.2. The number of carbonyl (C=O) groups is 2. The zero-order chi connectivity index (χ0) is 20.3. The summed E-state index contributed by atoms with van der Waals surface area (Å²) in [5, 5.41) is 11.8. The average Bonchev–Trinajstić information content (AvgIpc) is 3.15. The molecule has 0 bridgehead atoms. The van der Waals surface area contributed by atoms with E-state index < -0.39 is 17.5 Å². The van der Waals surface area contributed by atoms with E-state index in [1.807, 2.05) is 25.1 Å². The van der Waals surface area contributed by atoms with E-state index in [0.717, 1.165) is 29.0 Å². The van der Waals surface area contributed by atoms with E-state index >= 15 is 0 Å². The van der Waals surface area contributed by atoms with Crippen molar-refractivity contribution in [2.24, 2.45) is 0 Å². The molecule has 3 aromatic rings. The fraction of sp³-hybridized carbons (Fsp3) is 0.200. The quantitative estimate of drug-likeness (QED) is 0.289. The first-order valence-electron chi connectivity index (χ1n) is 8.58. The molecule has 0 saturated heterocycles. The maximum Gasteiger partial charge on any atom is 0.338 e. The molecule has 0 saturated carbocycles. The minimum atomic E-state index is -0.826. The molecular weight excluding hydrogens is 364 g/mol. The Hall–Kier alpha value is -3.68. The Bertz CT molecular complexity index is 1070. The van der Waals surface area contributed by atoms with Crippen LogP contribution in [-0.4, -0.2) is 35.4 Å². The summed E-state index contributed by atoms with van der Waals surface area (Å²) in [6, 6.07) is 9.38. The molecular formula is C20H18N2O6. The molecule has 1 N–H and O–H groups in total. The van der Waals surface area contributed by atoms with Crippen LogP contribution in [0.15, 0.2) is 42.6 Å². The number of aryl methyl sites for hydroxylation is 1. The molecule has 1 heterocycles. The number of Topliss-reactive ketones (excluding diaryl/α,β-unsaturated/α-hetero) is 1. The number of H-pyrrole nitrogens is 1. The van der Waals surface area contributed by atoms with Crippen LogP contribution in [0, 0.1) is 10.1 Å². The normalized spacial score (nSPS) is 10.6. The Balaban J connectivity index is 1.76.